The van der Waals surface area contributed by atoms with Crippen LogP contribution in [0, 0.1) is 0 Å². The Bertz CT molecular complexity index is 393. The van der Waals surface area contributed by atoms with E-state index in [1.54, 1.807) is 0 Å². The van der Waals surface area contributed by atoms with E-state index in [1.165, 1.54) is 9.75 Å². The van der Waals surface area contributed by atoms with Gasteiger partial charge in [-0.05, 0) is 38.3 Å². The van der Waals surface area contributed by atoms with Gasteiger partial charge in [0.1, 0.15) is 0 Å². The summed E-state index contributed by atoms with van der Waals surface area (Å²) >= 11 is 1.94. The summed E-state index contributed by atoms with van der Waals surface area (Å²) in [6.07, 6.45) is 3.68. The van der Waals surface area contributed by atoms with Crippen molar-refractivity contribution >= 4 is 11.3 Å². The summed E-state index contributed by atoms with van der Waals surface area (Å²) in [7, 11) is 1.81. The zero-order valence-electron chi connectivity index (χ0n) is 12.3. The van der Waals surface area contributed by atoms with Crippen molar-refractivity contribution < 1.29 is 4.74 Å². The average molecular weight is 282 g/mol. The van der Waals surface area contributed by atoms with Crippen LogP contribution in [0.3, 0.4) is 0 Å². The van der Waals surface area contributed by atoms with Gasteiger partial charge in [0.25, 0.3) is 0 Å². The molecule has 1 aliphatic heterocycles. The second kappa shape index (κ2) is 6.84. The van der Waals surface area contributed by atoms with Crippen molar-refractivity contribution in [3.05, 3.63) is 21.9 Å². The van der Waals surface area contributed by atoms with Crippen LogP contribution in [0.5, 0.6) is 0 Å². The molecular formula is C15H26N2OS. The lowest BCUT2D eigenvalue weighted by Crippen LogP contribution is -2.49. The van der Waals surface area contributed by atoms with Crippen molar-refractivity contribution in [1.29, 1.82) is 0 Å². The molecule has 0 spiro atoms. The standard InChI is InChI=1S/C15H26N2OS/c1-4-14-5-6-15(19-14)11(2)17-8-7-13(18-3)9-12(17)10-16/h5-6,11-13H,4,7-10,16H2,1-3H3. The summed E-state index contributed by atoms with van der Waals surface area (Å²) < 4.78 is 5.50. The van der Waals surface area contributed by atoms with Crippen LogP contribution in [0.4, 0.5) is 0 Å². The molecule has 0 bridgehead atoms. The third kappa shape index (κ3) is 3.37. The normalized spacial score (nSPS) is 26.5. The summed E-state index contributed by atoms with van der Waals surface area (Å²) in [6, 6.07) is 5.46. The first kappa shape index (κ1) is 15.0. The Morgan fingerprint density at radius 2 is 2.32 bits per heavy atom. The van der Waals surface area contributed by atoms with Crippen LogP contribution in [0.2, 0.25) is 0 Å². The van der Waals surface area contributed by atoms with Crippen molar-refractivity contribution in [3.8, 4) is 0 Å². The molecule has 2 rings (SSSR count). The molecule has 1 aliphatic rings. The number of nitrogens with two attached hydrogens (primary N) is 1. The minimum absolute atomic E-state index is 0.381. The highest BCUT2D eigenvalue weighted by molar-refractivity contribution is 7.12. The molecule has 19 heavy (non-hydrogen) atoms. The second-order valence-electron chi connectivity index (χ2n) is 5.34. The van der Waals surface area contributed by atoms with E-state index in [0.717, 1.165) is 32.4 Å². The highest BCUT2D eigenvalue weighted by Crippen LogP contribution is 2.32. The number of rotatable bonds is 5. The molecule has 4 heteroatoms. The molecule has 0 aliphatic carbocycles. The third-order valence-electron chi connectivity index (χ3n) is 4.26. The molecule has 3 nitrogen and oxygen atoms in total. The van der Waals surface area contributed by atoms with Crippen LogP contribution in [0.1, 0.15) is 42.5 Å². The molecule has 1 aromatic heterocycles. The van der Waals surface area contributed by atoms with Gasteiger partial charge in [-0.15, -0.1) is 11.3 Å². The average Bonchev–Trinajstić information content (AvgIpc) is 2.94. The van der Waals surface area contributed by atoms with Crippen molar-refractivity contribution in [2.24, 2.45) is 5.73 Å². The number of hydrogen-bond acceptors (Lipinski definition) is 4. The van der Waals surface area contributed by atoms with E-state index in [2.05, 4.69) is 30.9 Å². The minimum atomic E-state index is 0.381. The zero-order valence-corrected chi connectivity index (χ0v) is 13.1. The number of thiophene rings is 1. The molecular weight excluding hydrogens is 256 g/mol. The summed E-state index contributed by atoms with van der Waals surface area (Å²) in [6.45, 7) is 6.32. The van der Waals surface area contributed by atoms with Gasteiger partial charge < -0.3 is 10.5 Å². The van der Waals surface area contributed by atoms with Gasteiger partial charge in [-0.25, -0.2) is 0 Å². The SMILES string of the molecule is CCc1ccc(C(C)N2CCC(OC)CC2CN)s1. The number of aryl methyl sites for hydroxylation is 1. The topological polar surface area (TPSA) is 38.5 Å². The van der Waals surface area contributed by atoms with E-state index in [-0.39, 0.29) is 0 Å². The molecule has 1 saturated heterocycles. The van der Waals surface area contributed by atoms with Crippen LogP contribution >= 0.6 is 11.3 Å². The summed E-state index contributed by atoms with van der Waals surface area (Å²) in [5.41, 5.74) is 5.96. The molecule has 2 N–H and O–H groups in total. The van der Waals surface area contributed by atoms with Crippen molar-refractivity contribution in [3.63, 3.8) is 0 Å². The molecule has 1 aromatic rings. The van der Waals surface area contributed by atoms with Crippen LogP contribution in [-0.4, -0.2) is 37.2 Å². The van der Waals surface area contributed by atoms with Crippen LogP contribution in [0.15, 0.2) is 12.1 Å². The Balaban J connectivity index is 2.06. The van der Waals surface area contributed by atoms with Gasteiger partial charge in [0.2, 0.25) is 0 Å². The lowest BCUT2D eigenvalue weighted by atomic mass is 9.97. The van der Waals surface area contributed by atoms with Crippen LogP contribution in [0.25, 0.3) is 0 Å². The van der Waals surface area contributed by atoms with E-state index >= 15 is 0 Å². The first-order valence-corrected chi connectivity index (χ1v) is 8.08. The van der Waals surface area contributed by atoms with Gasteiger partial charge in [-0.2, -0.15) is 0 Å². The monoisotopic (exact) mass is 282 g/mol. The molecule has 0 aromatic carbocycles. The number of likely N-dealkylation sites (tertiary alicyclic amines) is 1. The number of methoxy groups -OCH3 is 1. The van der Waals surface area contributed by atoms with E-state index in [4.69, 9.17) is 10.5 Å². The van der Waals surface area contributed by atoms with Crippen LogP contribution < -0.4 is 5.73 Å². The smallest absolute Gasteiger partial charge is 0.0599 e. The highest BCUT2D eigenvalue weighted by Gasteiger charge is 2.31. The second-order valence-corrected chi connectivity index (χ2v) is 6.54. The van der Waals surface area contributed by atoms with Gasteiger partial charge in [0.05, 0.1) is 6.10 Å². The predicted octanol–water partition coefficient (Wildman–Crippen LogP) is 2.81. The zero-order chi connectivity index (χ0) is 13.8. The lowest BCUT2D eigenvalue weighted by Gasteiger charge is -2.41. The summed E-state index contributed by atoms with van der Waals surface area (Å²) in [5, 5.41) is 0. The molecule has 0 amide bonds. The summed E-state index contributed by atoms with van der Waals surface area (Å²) in [4.78, 5) is 5.49. The van der Waals surface area contributed by atoms with Crippen molar-refractivity contribution in [2.45, 2.75) is 51.3 Å². The Labute approximate surface area is 120 Å². The predicted molar refractivity (Wildman–Crippen MR) is 81.7 cm³/mol. The van der Waals surface area contributed by atoms with Crippen molar-refractivity contribution in [2.75, 3.05) is 20.2 Å². The Morgan fingerprint density at radius 1 is 1.53 bits per heavy atom. The van der Waals surface area contributed by atoms with Gasteiger partial charge in [-0.3, -0.25) is 4.90 Å². The van der Waals surface area contributed by atoms with Crippen molar-refractivity contribution in [1.82, 2.24) is 4.90 Å². The molecule has 0 saturated carbocycles. The first-order valence-electron chi connectivity index (χ1n) is 7.26. The van der Waals surface area contributed by atoms with E-state index in [1.807, 2.05) is 18.4 Å². The lowest BCUT2D eigenvalue weighted by molar-refractivity contribution is -0.00107. The molecule has 3 atom stereocenters. The van der Waals surface area contributed by atoms with Gasteiger partial charge >= 0.3 is 0 Å². The molecule has 108 valence electrons. The molecule has 0 radical (unpaired) electrons. The number of nitrogens with zero attached hydrogens (tertiary/aromatic N) is 1. The highest BCUT2D eigenvalue weighted by atomic mass is 32.1. The fourth-order valence-electron chi connectivity index (χ4n) is 2.96. The van der Waals surface area contributed by atoms with Gasteiger partial charge in [0.15, 0.2) is 0 Å². The number of ether oxygens (including phenoxy) is 1. The van der Waals surface area contributed by atoms with Crippen LogP contribution in [-0.2, 0) is 11.2 Å². The maximum absolute atomic E-state index is 5.96. The Hall–Kier alpha value is -0.420. The largest absolute Gasteiger partial charge is 0.381 e. The third-order valence-corrected chi connectivity index (χ3v) is 5.66. The first-order chi connectivity index (χ1) is 9.19. The van der Waals surface area contributed by atoms with Gasteiger partial charge in [0, 0.05) is 42.0 Å². The van der Waals surface area contributed by atoms with E-state index in [0.29, 0.717) is 18.2 Å². The fraction of sp³-hybridized carbons (Fsp3) is 0.733. The molecule has 3 unspecified atom stereocenters. The molecule has 1 fully saturated rings. The number of piperidine rings is 1. The summed E-state index contributed by atoms with van der Waals surface area (Å²) in [5.74, 6) is 0. The Kier molecular flexibility index (Phi) is 5.39. The molecule has 2 heterocycles. The quantitative estimate of drug-likeness (QED) is 0.902. The van der Waals surface area contributed by atoms with Gasteiger partial charge in [-0.1, -0.05) is 6.92 Å². The Morgan fingerprint density at radius 3 is 2.89 bits per heavy atom. The van der Waals surface area contributed by atoms with E-state index < -0.39 is 0 Å². The maximum Gasteiger partial charge on any atom is 0.0599 e. The fourth-order valence-corrected chi connectivity index (χ4v) is 3.99. The minimum Gasteiger partial charge on any atom is -0.381 e. The van der Waals surface area contributed by atoms with E-state index in [9.17, 15) is 0 Å². The maximum atomic E-state index is 5.96. The number of hydrogen-bond donors (Lipinski definition) is 1.